The minimum absolute atomic E-state index is 0.870. The Kier molecular flexibility index (Phi) is 4.04. The first-order valence-corrected chi connectivity index (χ1v) is 6.92. The molecule has 2 rings (SSSR count). The first-order valence-electron chi connectivity index (χ1n) is 6.13. The molecule has 0 radical (unpaired) electrons. The van der Waals surface area contributed by atoms with E-state index in [-0.39, 0.29) is 0 Å². The maximum Gasteiger partial charge on any atom is 0.0207 e. The zero-order valence-corrected chi connectivity index (χ0v) is 11.7. The smallest absolute Gasteiger partial charge is 0.0207 e. The Morgan fingerprint density at radius 1 is 1.19 bits per heavy atom. The summed E-state index contributed by atoms with van der Waals surface area (Å²) in [6, 6.07) is 4.60. The molecule has 0 bridgehead atoms. The molecule has 1 nitrogen and oxygen atoms in total. The van der Waals surface area contributed by atoms with Gasteiger partial charge in [-0.2, -0.15) is 0 Å². The van der Waals surface area contributed by atoms with Crippen molar-refractivity contribution in [3.8, 4) is 0 Å². The van der Waals surface area contributed by atoms with Crippen LogP contribution in [0.25, 0.3) is 0 Å². The summed E-state index contributed by atoms with van der Waals surface area (Å²) in [4.78, 5) is 0. The van der Waals surface area contributed by atoms with Crippen molar-refractivity contribution < 1.29 is 0 Å². The van der Waals surface area contributed by atoms with E-state index in [1.807, 2.05) is 0 Å². The summed E-state index contributed by atoms with van der Waals surface area (Å²) in [6.07, 6.45) is 3.89. The van der Waals surface area contributed by atoms with E-state index in [1.54, 1.807) is 0 Å². The van der Waals surface area contributed by atoms with Gasteiger partial charge in [-0.05, 0) is 74.9 Å². The lowest BCUT2D eigenvalue weighted by atomic mass is 9.89. The van der Waals surface area contributed by atoms with E-state index in [0.29, 0.717) is 0 Å². The van der Waals surface area contributed by atoms with E-state index in [9.17, 15) is 0 Å². The summed E-state index contributed by atoms with van der Waals surface area (Å²) in [6.45, 7) is 6.77. The largest absolute Gasteiger partial charge is 0.317 e. The van der Waals surface area contributed by atoms with Crippen LogP contribution in [-0.2, 0) is 6.42 Å². The molecule has 0 aliphatic carbocycles. The fourth-order valence-corrected chi connectivity index (χ4v) is 2.87. The average Bonchev–Trinajstić information content (AvgIpc) is 2.27. The summed E-state index contributed by atoms with van der Waals surface area (Å²) >= 11 is 3.63. The highest BCUT2D eigenvalue weighted by molar-refractivity contribution is 9.10. The SMILES string of the molecule is Cc1cc(C)c(CC2CCNCC2)cc1Br. The summed E-state index contributed by atoms with van der Waals surface area (Å²) < 4.78 is 1.25. The predicted molar refractivity (Wildman–Crippen MR) is 72.9 cm³/mol. The first-order chi connectivity index (χ1) is 7.66. The topological polar surface area (TPSA) is 12.0 Å². The summed E-state index contributed by atoms with van der Waals surface area (Å²) in [5, 5.41) is 3.43. The molecule has 88 valence electrons. The number of benzene rings is 1. The third kappa shape index (κ3) is 2.86. The van der Waals surface area contributed by atoms with Crippen molar-refractivity contribution in [2.75, 3.05) is 13.1 Å². The number of halogens is 1. The molecule has 1 N–H and O–H groups in total. The number of hydrogen-bond donors (Lipinski definition) is 1. The molecule has 16 heavy (non-hydrogen) atoms. The molecule has 1 fully saturated rings. The maximum atomic E-state index is 3.63. The van der Waals surface area contributed by atoms with Crippen molar-refractivity contribution in [2.24, 2.45) is 5.92 Å². The van der Waals surface area contributed by atoms with Crippen molar-refractivity contribution in [1.82, 2.24) is 5.32 Å². The zero-order chi connectivity index (χ0) is 11.5. The van der Waals surface area contributed by atoms with Crippen LogP contribution in [0.15, 0.2) is 16.6 Å². The van der Waals surface area contributed by atoms with E-state index in [1.165, 1.54) is 53.5 Å². The molecular weight excluding hydrogens is 262 g/mol. The monoisotopic (exact) mass is 281 g/mol. The van der Waals surface area contributed by atoms with Crippen LogP contribution in [0.4, 0.5) is 0 Å². The van der Waals surface area contributed by atoms with Gasteiger partial charge < -0.3 is 5.32 Å². The lowest BCUT2D eigenvalue weighted by Crippen LogP contribution is -2.28. The summed E-state index contributed by atoms with van der Waals surface area (Å²) in [7, 11) is 0. The first kappa shape index (κ1) is 12.1. The van der Waals surface area contributed by atoms with Gasteiger partial charge in [-0.1, -0.05) is 22.0 Å². The number of nitrogens with one attached hydrogen (secondary N) is 1. The average molecular weight is 282 g/mol. The van der Waals surface area contributed by atoms with Crippen LogP contribution in [0.3, 0.4) is 0 Å². The number of piperidine rings is 1. The molecule has 0 aromatic heterocycles. The van der Waals surface area contributed by atoms with Gasteiger partial charge in [0.25, 0.3) is 0 Å². The van der Waals surface area contributed by atoms with Crippen LogP contribution < -0.4 is 5.32 Å². The minimum Gasteiger partial charge on any atom is -0.317 e. The van der Waals surface area contributed by atoms with Gasteiger partial charge >= 0.3 is 0 Å². The molecule has 0 unspecified atom stereocenters. The Balaban J connectivity index is 2.11. The van der Waals surface area contributed by atoms with Crippen molar-refractivity contribution in [1.29, 1.82) is 0 Å². The minimum atomic E-state index is 0.870. The molecular formula is C14H20BrN. The van der Waals surface area contributed by atoms with Gasteiger partial charge in [-0.3, -0.25) is 0 Å². The van der Waals surface area contributed by atoms with Gasteiger partial charge in [0.05, 0.1) is 0 Å². The second-order valence-electron chi connectivity index (χ2n) is 4.93. The van der Waals surface area contributed by atoms with Crippen LogP contribution in [0, 0.1) is 19.8 Å². The van der Waals surface area contributed by atoms with Gasteiger partial charge in [-0.15, -0.1) is 0 Å². The van der Waals surface area contributed by atoms with E-state index in [0.717, 1.165) is 5.92 Å². The van der Waals surface area contributed by atoms with Gasteiger partial charge in [0.2, 0.25) is 0 Å². The van der Waals surface area contributed by atoms with Crippen LogP contribution >= 0.6 is 15.9 Å². The second kappa shape index (κ2) is 5.33. The second-order valence-corrected chi connectivity index (χ2v) is 5.78. The Morgan fingerprint density at radius 3 is 2.56 bits per heavy atom. The third-order valence-electron chi connectivity index (χ3n) is 3.58. The Morgan fingerprint density at radius 2 is 1.88 bits per heavy atom. The highest BCUT2D eigenvalue weighted by Gasteiger charge is 2.15. The van der Waals surface area contributed by atoms with E-state index in [2.05, 4.69) is 47.2 Å². The highest BCUT2D eigenvalue weighted by atomic mass is 79.9. The molecule has 1 heterocycles. The number of aryl methyl sites for hydroxylation is 2. The molecule has 0 atom stereocenters. The highest BCUT2D eigenvalue weighted by Crippen LogP contribution is 2.25. The molecule has 1 aromatic rings. The lowest BCUT2D eigenvalue weighted by Gasteiger charge is -2.23. The normalized spacial score (nSPS) is 17.7. The van der Waals surface area contributed by atoms with E-state index >= 15 is 0 Å². The van der Waals surface area contributed by atoms with Gasteiger partial charge in [0.15, 0.2) is 0 Å². The van der Waals surface area contributed by atoms with Gasteiger partial charge in [0, 0.05) is 4.47 Å². The quantitative estimate of drug-likeness (QED) is 0.873. The van der Waals surface area contributed by atoms with E-state index in [4.69, 9.17) is 0 Å². The Bertz CT molecular complexity index is 367. The molecule has 1 saturated heterocycles. The van der Waals surface area contributed by atoms with Crippen molar-refractivity contribution >= 4 is 15.9 Å². The standard InChI is InChI=1S/C14H20BrN/c1-10-7-11(2)14(15)9-13(10)8-12-3-5-16-6-4-12/h7,9,12,16H,3-6,8H2,1-2H3. The Hall–Kier alpha value is -0.340. The van der Waals surface area contributed by atoms with Gasteiger partial charge in [-0.25, -0.2) is 0 Å². The van der Waals surface area contributed by atoms with Crippen molar-refractivity contribution in [3.63, 3.8) is 0 Å². The number of rotatable bonds is 2. The summed E-state index contributed by atoms with van der Waals surface area (Å²) in [5.74, 6) is 0.870. The molecule has 0 saturated carbocycles. The molecule has 1 aromatic carbocycles. The van der Waals surface area contributed by atoms with Crippen LogP contribution in [0.1, 0.15) is 29.5 Å². The number of hydrogen-bond acceptors (Lipinski definition) is 1. The summed E-state index contributed by atoms with van der Waals surface area (Å²) in [5.41, 5.74) is 4.30. The zero-order valence-electron chi connectivity index (χ0n) is 10.1. The fraction of sp³-hybridized carbons (Fsp3) is 0.571. The predicted octanol–water partition coefficient (Wildman–Crippen LogP) is 3.61. The van der Waals surface area contributed by atoms with E-state index < -0.39 is 0 Å². The maximum absolute atomic E-state index is 3.63. The molecule has 1 aliphatic heterocycles. The fourth-order valence-electron chi connectivity index (χ4n) is 2.48. The van der Waals surface area contributed by atoms with Crippen LogP contribution in [0.5, 0.6) is 0 Å². The lowest BCUT2D eigenvalue weighted by molar-refractivity contribution is 0.372. The molecule has 0 amide bonds. The molecule has 2 heteroatoms. The van der Waals surface area contributed by atoms with Crippen molar-refractivity contribution in [3.05, 3.63) is 33.3 Å². The van der Waals surface area contributed by atoms with Crippen LogP contribution in [0.2, 0.25) is 0 Å². The molecule has 0 spiro atoms. The molecule has 1 aliphatic rings. The van der Waals surface area contributed by atoms with Crippen molar-refractivity contribution in [2.45, 2.75) is 33.1 Å². The van der Waals surface area contributed by atoms with Crippen LogP contribution in [-0.4, -0.2) is 13.1 Å². The third-order valence-corrected chi connectivity index (χ3v) is 4.44. The van der Waals surface area contributed by atoms with Gasteiger partial charge in [0.1, 0.15) is 0 Å². The Labute approximate surface area is 107 Å².